The van der Waals surface area contributed by atoms with Gasteiger partial charge in [0, 0.05) is 55.3 Å². The minimum absolute atomic E-state index is 0.897. The number of nitrogens with zero attached hydrogens (tertiary/aromatic N) is 1. The molecule has 0 unspecified atom stereocenters. The van der Waals surface area contributed by atoms with Crippen molar-refractivity contribution >= 4 is 77.2 Å². The van der Waals surface area contributed by atoms with Crippen molar-refractivity contribution in [3.05, 3.63) is 231 Å². The van der Waals surface area contributed by atoms with Gasteiger partial charge in [-0.3, -0.25) is 0 Å². The maximum atomic E-state index is 6.47. The Morgan fingerprint density at radius 1 is 0.500 bits per heavy atom. The fourth-order valence-electron chi connectivity index (χ4n) is 9.09. The molecule has 0 saturated carbocycles. The van der Waals surface area contributed by atoms with Gasteiger partial charge in [0.05, 0.1) is 5.52 Å². The number of fused-ring (bicyclic) bond motifs is 7. The predicted octanol–water partition coefficient (Wildman–Crippen LogP) is 17.0. The Labute approximate surface area is 360 Å². The minimum Gasteiger partial charge on any atom is -0.455 e. The monoisotopic (exact) mass is 794 g/mol. The number of allylic oxidation sites excluding steroid dienone is 5. The molecule has 0 spiro atoms. The van der Waals surface area contributed by atoms with E-state index in [-0.39, 0.29) is 0 Å². The van der Waals surface area contributed by atoms with Gasteiger partial charge >= 0.3 is 0 Å². The van der Waals surface area contributed by atoms with Crippen LogP contribution in [0.2, 0.25) is 0 Å². The standard InChI is InChI=1S/C59H42N2O/c1-3-4-5-14-39(2)48-36-35-47(38-55(48)53-21-13-20-52-50-17-8-10-23-56(50)60-58(52)53)61(45-31-27-41(28-32-45)44-26-25-40-15-6-7-16-43(40)37-44)46-33-29-42(30-34-46)49-19-12-22-54-51-18-9-11-24-57(51)62-59(49)54/h3-38,60H,1H2,2H3/b5-4-,39-14+. The fourth-order valence-corrected chi connectivity index (χ4v) is 9.09. The third-order valence-electron chi connectivity index (χ3n) is 12.2. The van der Waals surface area contributed by atoms with Gasteiger partial charge < -0.3 is 14.3 Å². The second kappa shape index (κ2) is 15.5. The Balaban J connectivity index is 1.08. The summed E-state index contributed by atoms with van der Waals surface area (Å²) in [4.78, 5) is 6.15. The summed E-state index contributed by atoms with van der Waals surface area (Å²) in [5.74, 6) is 0. The molecule has 0 aliphatic carbocycles. The Morgan fingerprint density at radius 3 is 1.95 bits per heavy atom. The molecule has 1 N–H and O–H groups in total. The van der Waals surface area contributed by atoms with E-state index in [1.54, 1.807) is 0 Å². The van der Waals surface area contributed by atoms with E-state index in [1.165, 1.54) is 32.7 Å². The van der Waals surface area contributed by atoms with Crippen LogP contribution >= 0.6 is 0 Å². The van der Waals surface area contributed by atoms with E-state index in [2.05, 4.69) is 218 Å². The van der Waals surface area contributed by atoms with Gasteiger partial charge in [-0.2, -0.15) is 0 Å². The first kappa shape index (κ1) is 36.9. The quantitative estimate of drug-likeness (QED) is 0.148. The maximum absolute atomic E-state index is 6.47. The number of benzene rings is 9. The molecular weight excluding hydrogens is 753 g/mol. The second-order valence-corrected chi connectivity index (χ2v) is 15.9. The van der Waals surface area contributed by atoms with Gasteiger partial charge in [-0.25, -0.2) is 0 Å². The first-order chi connectivity index (χ1) is 30.6. The van der Waals surface area contributed by atoms with Crippen LogP contribution in [0.5, 0.6) is 0 Å². The Kier molecular flexibility index (Phi) is 9.21. The van der Waals surface area contributed by atoms with E-state index in [4.69, 9.17) is 4.42 Å². The molecular formula is C59H42N2O. The lowest BCUT2D eigenvalue weighted by atomic mass is 9.92. The highest BCUT2D eigenvalue weighted by Crippen LogP contribution is 2.44. The van der Waals surface area contributed by atoms with Crippen LogP contribution in [0.15, 0.2) is 229 Å². The fraction of sp³-hybridized carbons (Fsp3) is 0.0169. The molecule has 0 fully saturated rings. The molecule has 0 bridgehead atoms. The number of para-hydroxylation sites is 4. The van der Waals surface area contributed by atoms with E-state index >= 15 is 0 Å². The van der Waals surface area contributed by atoms with Crippen LogP contribution < -0.4 is 4.90 Å². The van der Waals surface area contributed by atoms with E-state index in [0.29, 0.717) is 0 Å². The number of aromatic nitrogens is 1. The highest BCUT2D eigenvalue weighted by Gasteiger charge is 2.20. The summed E-state index contributed by atoms with van der Waals surface area (Å²) in [5, 5.41) is 7.15. The molecule has 11 aromatic rings. The molecule has 0 aliphatic rings. The third-order valence-corrected chi connectivity index (χ3v) is 12.2. The summed E-state index contributed by atoms with van der Waals surface area (Å²) in [6.07, 6.45) is 8.00. The van der Waals surface area contributed by atoms with Crippen LogP contribution in [0.4, 0.5) is 17.1 Å². The maximum Gasteiger partial charge on any atom is 0.143 e. The van der Waals surface area contributed by atoms with Gasteiger partial charge in [-0.1, -0.05) is 170 Å². The number of nitrogens with one attached hydrogen (secondary N) is 1. The zero-order chi connectivity index (χ0) is 41.6. The van der Waals surface area contributed by atoms with E-state index in [1.807, 2.05) is 24.3 Å². The Bertz CT molecular complexity index is 3540. The minimum atomic E-state index is 0.897. The van der Waals surface area contributed by atoms with Crippen molar-refractivity contribution in [2.24, 2.45) is 0 Å². The summed E-state index contributed by atoms with van der Waals surface area (Å²) in [7, 11) is 0. The Hall–Kier alpha value is -8.14. The van der Waals surface area contributed by atoms with Crippen LogP contribution in [-0.2, 0) is 0 Å². The molecule has 294 valence electrons. The molecule has 62 heavy (non-hydrogen) atoms. The van der Waals surface area contributed by atoms with Crippen LogP contribution in [0, 0.1) is 0 Å². The lowest BCUT2D eigenvalue weighted by Crippen LogP contribution is -2.10. The van der Waals surface area contributed by atoms with Crippen LogP contribution in [0.1, 0.15) is 12.5 Å². The summed E-state index contributed by atoms with van der Waals surface area (Å²) in [6.45, 7) is 6.07. The highest BCUT2D eigenvalue weighted by molar-refractivity contribution is 6.13. The summed E-state index contributed by atoms with van der Waals surface area (Å²) in [6, 6.07) is 69.8. The van der Waals surface area contributed by atoms with Crippen molar-refractivity contribution in [1.29, 1.82) is 0 Å². The number of aromatic amines is 1. The molecule has 0 saturated heterocycles. The summed E-state index contributed by atoms with van der Waals surface area (Å²) >= 11 is 0. The van der Waals surface area contributed by atoms with Gasteiger partial charge in [0.25, 0.3) is 0 Å². The smallest absolute Gasteiger partial charge is 0.143 e. The molecule has 9 aromatic carbocycles. The third kappa shape index (κ3) is 6.48. The molecule has 3 heteroatoms. The molecule has 3 nitrogen and oxygen atoms in total. The van der Waals surface area contributed by atoms with Crippen molar-refractivity contribution in [2.75, 3.05) is 4.90 Å². The molecule has 0 atom stereocenters. The molecule has 0 amide bonds. The summed E-state index contributed by atoms with van der Waals surface area (Å²) < 4.78 is 6.47. The lowest BCUT2D eigenvalue weighted by Gasteiger charge is -2.27. The topological polar surface area (TPSA) is 32.2 Å². The highest BCUT2D eigenvalue weighted by atomic mass is 16.3. The van der Waals surface area contributed by atoms with Crippen LogP contribution in [0.25, 0.3) is 93.5 Å². The second-order valence-electron chi connectivity index (χ2n) is 15.9. The molecule has 2 heterocycles. The molecule has 0 radical (unpaired) electrons. The van der Waals surface area contributed by atoms with Gasteiger partial charge in [0.2, 0.25) is 0 Å². The van der Waals surface area contributed by atoms with Gasteiger partial charge in [-0.05, 0) is 106 Å². The number of hydrogen-bond donors (Lipinski definition) is 1. The van der Waals surface area contributed by atoms with Gasteiger partial charge in [0.15, 0.2) is 0 Å². The number of H-pyrrole nitrogens is 1. The number of rotatable bonds is 9. The van der Waals surface area contributed by atoms with E-state index in [9.17, 15) is 0 Å². The number of anilines is 3. The van der Waals surface area contributed by atoms with Gasteiger partial charge in [-0.15, -0.1) is 0 Å². The first-order valence-corrected chi connectivity index (χ1v) is 21.1. The normalized spacial score (nSPS) is 12.0. The van der Waals surface area contributed by atoms with Crippen molar-refractivity contribution in [3.8, 4) is 33.4 Å². The average molecular weight is 795 g/mol. The lowest BCUT2D eigenvalue weighted by molar-refractivity contribution is 0.670. The molecule has 2 aromatic heterocycles. The number of furan rings is 1. The SMILES string of the molecule is C=C/C=C\C=C(/C)c1ccc(N(c2ccc(-c3ccc4ccccc4c3)cc2)c2ccc(-c3cccc4c3oc3ccccc34)cc2)cc1-c1cccc2c1[nH]c1ccccc12. The van der Waals surface area contributed by atoms with E-state index in [0.717, 1.165) is 83.4 Å². The first-order valence-electron chi connectivity index (χ1n) is 21.1. The Morgan fingerprint density at radius 2 is 1.15 bits per heavy atom. The predicted molar refractivity (Wildman–Crippen MR) is 265 cm³/mol. The average Bonchev–Trinajstić information content (AvgIpc) is 3.91. The largest absolute Gasteiger partial charge is 0.455 e. The van der Waals surface area contributed by atoms with Crippen LogP contribution in [-0.4, -0.2) is 4.98 Å². The van der Waals surface area contributed by atoms with Crippen molar-refractivity contribution in [1.82, 2.24) is 4.98 Å². The van der Waals surface area contributed by atoms with Crippen molar-refractivity contribution in [2.45, 2.75) is 6.92 Å². The van der Waals surface area contributed by atoms with Crippen molar-refractivity contribution < 1.29 is 4.42 Å². The zero-order valence-corrected chi connectivity index (χ0v) is 34.3. The van der Waals surface area contributed by atoms with Crippen molar-refractivity contribution in [3.63, 3.8) is 0 Å². The molecule has 11 rings (SSSR count). The van der Waals surface area contributed by atoms with Gasteiger partial charge in [0.1, 0.15) is 11.2 Å². The summed E-state index contributed by atoms with van der Waals surface area (Å²) in [5.41, 5.74) is 16.4. The molecule has 0 aliphatic heterocycles. The number of hydrogen-bond acceptors (Lipinski definition) is 2. The van der Waals surface area contributed by atoms with Crippen LogP contribution in [0.3, 0.4) is 0 Å². The van der Waals surface area contributed by atoms with E-state index < -0.39 is 0 Å². The zero-order valence-electron chi connectivity index (χ0n) is 34.3.